The Labute approximate surface area is 94.0 Å². The van der Waals surface area contributed by atoms with Crippen molar-refractivity contribution in [1.82, 2.24) is 4.90 Å². The van der Waals surface area contributed by atoms with E-state index in [1.807, 2.05) is 0 Å². The number of hydrogen-bond acceptors (Lipinski definition) is 3. The van der Waals surface area contributed by atoms with Crippen LogP contribution >= 0.6 is 0 Å². The first-order valence-corrected chi connectivity index (χ1v) is 6.40. The Morgan fingerprint density at radius 1 is 1.40 bits per heavy atom. The molecule has 1 aliphatic heterocycles. The van der Waals surface area contributed by atoms with Gasteiger partial charge in [0.2, 0.25) is 0 Å². The van der Waals surface area contributed by atoms with Gasteiger partial charge in [0.1, 0.15) is 0 Å². The quantitative estimate of drug-likeness (QED) is 0.654. The van der Waals surface area contributed by atoms with Crippen LogP contribution in [-0.4, -0.2) is 43.8 Å². The average Bonchev–Trinajstić information content (AvgIpc) is 2.27. The van der Waals surface area contributed by atoms with Crippen molar-refractivity contribution in [2.24, 2.45) is 5.73 Å². The SMILES string of the molecule is CCOCCCN1CCCCC1CCN. The lowest BCUT2D eigenvalue weighted by Gasteiger charge is -2.35. The zero-order valence-electron chi connectivity index (χ0n) is 10.1. The first-order valence-electron chi connectivity index (χ1n) is 6.40. The monoisotopic (exact) mass is 214 g/mol. The first-order chi connectivity index (χ1) is 7.38. The molecule has 1 rings (SSSR count). The van der Waals surface area contributed by atoms with Gasteiger partial charge in [-0.3, -0.25) is 0 Å². The minimum Gasteiger partial charge on any atom is -0.382 e. The molecule has 0 amide bonds. The van der Waals surface area contributed by atoms with Gasteiger partial charge in [0.05, 0.1) is 0 Å². The Kier molecular flexibility index (Phi) is 6.98. The third-order valence-electron chi connectivity index (χ3n) is 3.19. The van der Waals surface area contributed by atoms with Gasteiger partial charge in [0.25, 0.3) is 0 Å². The van der Waals surface area contributed by atoms with Crippen LogP contribution in [0.3, 0.4) is 0 Å². The van der Waals surface area contributed by atoms with Crippen molar-refractivity contribution >= 4 is 0 Å². The summed E-state index contributed by atoms with van der Waals surface area (Å²) in [6, 6.07) is 0.741. The topological polar surface area (TPSA) is 38.5 Å². The van der Waals surface area contributed by atoms with Crippen molar-refractivity contribution in [3.8, 4) is 0 Å². The third kappa shape index (κ3) is 4.96. The second-order valence-electron chi connectivity index (χ2n) is 4.31. The van der Waals surface area contributed by atoms with Crippen LogP contribution in [0.5, 0.6) is 0 Å². The lowest BCUT2D eigenvalue weighted by Crippen LogP contribution is -2.41. The van der Waals surface area contributed by atoms with E-state index in [-0.39, 0.29) is 0 Å². The maximum absolute atomic E-state index is 5.65. The number of nitrogens with zero attached hydrogens (tertiary/aromatic N) is 1. The highest BCUT2D eigenvalue weighted by Crippen LogP contribution is 2.19. The predicted molar refractivity (Wildman–Crippen MR) is 64.0 cm³/mol. The highest BCUT2D eigenvalue weighted by Gasteiger charge is 2.20. The second kappa shape index (κ2) is 8.08. The summed E-state index contributed by atoms with van der Waals surface area (Å²) in [6.45, 7) is 7.07. The fourth-order valence-electron chi connectivity index (χ4n) is 2.39. The van der Waals surface area contributed by atoms with Crippen molar-refractivity contribution in [2.45, 2.75) is 45.1 Å². The first kappa shape index (κ1) is 12.9. The summed E-state index contributed by atoms with van der Waals surface area (Å²) in [4.78, 5) is 2.61. The summed E-state index contributed by atoms with van der Waals surface area (Å²) in [5.41, 5.74) is 5.65. The molecular formula is C12H26N2O. The van der Waals surface area contributed by atoms with Crippen molar-refractivity contribution in [2.75, 3.05) is 32.8 Å². The molecule has 3 nitrogen and oxygen atoms in total. The van der Waals surface area contributed by atoms with E-state index in [0.29, 0.717) is 0 Å². The number of likely N-dealkylation sites (tertiary alicyclic amines) is 1. The molecular weight excluding hydrogens is 188 g/mol. The number of rotatable bonds is 7. The van der Waals surface area contributed by atoms with Crippen LogP contribution in [0.2, 0.25) is 0 Å². The molecule has 1 fully saturated rings. The van der Waals surface area contributed by atoms with E-state index in [2.05, 4.69) is 11.8 Å². The molecule has 0 radical (unpaired) electrons. The molecule has 0 aromatic carbocycles. The van der Waals surface area contributed by atoms with Crippen molar-refractivity contribution in [3.05, 3.63) is 0 Å². The molecule has 0 aromatic rings. The van der Waals surface area contributed by atoms with Gasteiger partial charge in [0, 0.05) is 25.8 Å². The van der Waals surface area contributed by atoms with E-state index in [1.165, 1.54) is 32.4 Å². The standard InChI is InChI=1S/C12H26N2O/c1-2-15-11-5-10-14-9-4-3-6-12(14)7-8-13/h12H,2-11,13H2,1H3. The second-order valence-corrected chi connectivity index (χ2v) is 4.31. The number of hydrogen-bond donors (Lipinski definition) is 1. The number of nitrogens with two attached hydrogens (primary N) is 1. The third-order valence-corrected chi connectivity index (χ3v) is 3.19. The number of ether oxygens (including phenoxy) is 1. The van der Waals surface area contributed by atoms with Gasteiger partial charge < -0.3 is 15.4 Å². The lowest BCUT2D eigenvalue weighted by atomic mass is 9.99. The summed E-state index contributed by atoms with van der Waals surface area (Å²) in [5.74, 6) is 0. The van der Waals surface area contributed by atoms with Crippen LogP contribution in [0.4, 0.5) is 0 Å². The fraction of sp³-hybridized carbons (Fsp3) is 1.00. The molecule has 3 heteroatoms. The molecule has 2 N–H and O–H groups in total. The van der Waals surface area contributed by atoms with Gasteiger partial charge in [-0.1, -0.05) is 6.42 Å². The van der Waals surface area contributed by atoms with Gasteiger partial charge >= 0.3 is 0 Å². The van der Waals surface area contributed by atoms with E-state index >= 15 is 0 Å². The molecule has 0 aromatic heterocycles. The van der Waals surface area contributed by atoms with Gasteiger partial charge in [0.15, 0.2) is 0 Å². The van der Waals surface area contributed by atoms with Gasteiger partial charge in [-0.05, 0) is 45.7 Å². The van der Waals surface area contributed by atoms with E-state index in [0.717, 1.165) is 38.6 Å². The summed E-state index contributed by atoms with van der Waals surface area (Å²) < 4.78 is 5.37. The summed E-state index contributed by atoms with van der Waals surface area (Å²) in [5, 5.41) is 0. The van der Waals surface area contributed by atoms with Crippen LogP contribution in [0.15, 0.2) is 0 Å². The summed E-state index contributed by atoms with van der Waals surface area (Å²) in [7, 11) is 0. The highest BCUT2D eigenvalue weighted by atomic mass is 16.5. The Morgan fingerprint density at radius 2 is 2.27 bits per heavy atom. The minimum absolute atomic E-state index is 0.741. The van der Waals surface area contributed by atoms with Crippen molar-refractivity contribution in [3.63, 3.8) is 0 Å². The van der Waals surface area contributed by atoms with Crippen LogP contribution in [-0.2, 0) is 4.74 Å². The smallest absolute Gasteiger partial charge is 0.0478 e. The van der Waals surface area contributed by atoms with E-state index in [9.17, 15) is 0 Å². The lowest BCUT2D eigenvalue weighted by molar-refractivity contribution is 0.103. The van der Waals surface area contributed by atoms with Crippen molar-refractivity contribution in [1.29, 1.82) is 0 Å². The highest BCUT2D eigenvalue weighted by molar-refractivity contribution is 4.76. The Balaban J connectivity index is 2.17. The molecule has 0 aliphatic carbocycles. The van der Waals surface area contributed by atoms with Gasteiger partial charge in [-0.2, -0.15) is 0 Å². The van der Waals surface area contributed by atoms with Crippen LogP contribution in [0, 0.1) is 0 Å². The molecule has 90 valence electrons. The maximum atomic E-state index is 5.65. The predicted octanol–water partition coefficient (Wildman–Crippen LogP) is 1.62. The maximum Gasteiger partial charge on any atom is 0.0478 e. The van der Waals surface area contributed by atoms with Crippen molar-refractivity contribution < 1.29 is 4.74 Å². The van der Waals surface area contributed by atoms with E-state index in [1.54, 1.807) is 0 Å². The molecule has 0 bridgehead atoms. The largest absolute Gasteiger partial charge is 0.382 e. The van der Waals surface area contributed by atoms with E-state index in [4.69, 9.17) is 10.5 Å². The summed E-state index contributed by atoms with van der Waals surface area (Å²) in [6.07, 6.45) is 6.40. The van der Waals surface area contributed by atoms with Crippen LogP contribution in [0.1, 0.15) is 39.0 Å². The van der Waals surface area contributed by atoms with Gasteiger partial charge in [-0.15, -0.1) is 0 Å². The zero-order valence-corrected chi connectivity index (χ0v) is 10.1. The minimum atomic E-state index is 0.741. The molecule has 1 unspecified atom stereocenters. The molecule has 1 heterocycles. The Hall–Kier alpha value is -0.120. The average molecular weight is 214 g/mol. The van der Waals surface area contributed by atoms with Crippen LogP contribution in [0.25, 0.3) is 0 Å². The Morgan fingerprint density at radius 3 is 3.00 bits per heavy atom. The Bertz CT molecular complexity index is 151. The molecule has 0 saturated carbocycles. The fourth-order valence-corrected chi connectivity index (χ4v) is 2.39. The normalized spacial score (nSPS) is 23.2. The molecule has 1 aliphatic rings. The zero-order chi connectivity index (χ0) is 10.9. The molecule has 1 saturated heterocycles. The summed E-state index contributed by atoms with van der Waals surface area (Å²) >= 11 is 0. The van der Waals surface area contributed by atoms with Gasteiger partial charge in [-0.25, -0.2) is 0 Å². The van der Waals surface area contributed by atoms with Crippen LogP contribution < -0.4 is 5.73 Å². The van der Waals surface area contributed by atoms with E-state index < -0.39 is 0 Å². The molecule has 1 atom stereocenters. The molecule has 0 spiro atoms. The molecule has 15 heavy (non-hydrogen) atoms. The number of piperidine rings is 1.